The molecular formula is C14H14BNO2. The van der Waals surface area contributed by atoms with Gasteiger partial charge in [-0.2, -0.15) is 0 Å². The molecule has 0 saturated heterocycles. The third kappa shape index (κ3) is 1.32. The van der Waals surface area contributed by atoms with E-state index in [1.807, 2.05) is 44.2 Å². The van der Waals surface area contributed by atoms with Gasteiger partial charge in [0.15, 0.2) is 0 Å². The Balaban J connectivity index is 2.20. The van der Waals surface area contributed by atoms with Crippen LogP contribution in [-0.2, 0) is 4.79 Å². The van der Waals surface area contributed by atoms with Gasteiger partial charge in [-0.15, -0.1) is 0 Å². The summed E-state index contributed by atoms with van der Waals surface area (Å²) in [4.78, 5) is 13.8. The van der Waals surface area contributed by atoms with Gasteiger partial charge in [0.1, 0.15) is 0 Å². The molecule has 1 aromatic rings. The number of carbonyl (C=O) groups excluding carboxylic acids is 1. The first-order chi connectivity index (χ1) is 8.65. The largest absolute Gasteiger partial charge is 0.457 e. The molecule has 2 heterocycles. The highest BCUT2D eigenvalue weighted by molar-refractivity contribution is 6.68. The molecule has 0 aromatic heterocycles. The molecule has 1 N–H and O–H groups in total. The Morgan fingerprint density at radius 3 is 2.78 bits per heavy atom. The summed E-state index contributed by atoms with van der Waals surface area (Å²) < 4.78 is 0. The van der Waals surface area contributed by atoms with Crippen LogP contribution in [-0.4, -0.2) is 22.8 Å². The summed E-state index contributed by atoms with van der Waals surface area (Å²) in [7, 11) is -0.868. The SMILES string of the molecule is CCC1=C(C)C2=Cc3ccccc3B(O)N2C1=O. The summed E-state index contributed by atoms with van der Waals surface area (Å²) >= 11 is 0. The van der Waals surface area contributed by atoms with E-state index in [9.17, 15) is 9.82 Å². The Hall–Kier alpha value is -1.81. The summed E-state index contributed by atoms with van der Waals surface area (Å²) in [6.45, 7) is 3.92. The molecule has 0 spiro atoms. The second kappa shape index (κ2) is 3.85. The third-order valence-electron chi connectivity index (χ3n) is 3.74. The molecule has 18 heavy (non-hydrogen) atoms. The molecule has 2 aliphatic rings. The normalized spacial score (nSPS) is 17.9. The van der Waals surface area contributed by atoms with Gasteiger partial charge in [0, 0.05) is 11.3 Å². The van der Waals surface area contributed by atoms with Gasteiger partial charge < -0.3 is 9.83 Å². The minimum Gasteiger partial charge on any atom is -0.428 e. The van der Waals surface area contributed by atoms with Crippen LogP contribution in [0.25, 0.3) is 6.08 Å². The molecule has 90 valence electrons. The molecule has 0 fully saturated rings. The lowest BCUT2D eigenvalue weighted by atomic mass is 9.66. The van der Waals surface area contributed by atoms with Gasteiger partial charge in [0.05, 0.1) is 0 Å². The van der Waals surface area contributed by atoms with E-state index in [1.165, 1.54) is 4.81 Å². The average molecular weight is 239 g/mol. The molecule has 4 heteroatoms. The maximum absolute atomic E-state index is 12.3. The fourth-order valence-electron chi connectivity index (χ4n) is 2.75. The number of fused-ring (bicyclic) bond motifs is 2. The van der Waals surface area contributed by atoms with Crippen LogP contribution in [0, 0.1) is 0 Å². The van der Waals surface area contributed by atoms with Crippen LogP contribution in [0.2, 0.25) is 0 Å². The van der Waals surface area contributed by atoms with Crippen molar-refractivity contribution in [3.63, 3.8) is 0 Å². The highest BCUT2D eigenvalue weighted by Gasteiger charge is 2.42. The molecule has 0 saturated carbocycles. The molecule has 0 atom stereocenters. The Morgan fingerprint density at radius 1 is 1.33 bits per heavy atom. The lowest BCUT2D eigenvalue weighted by molar-refractivity contribution is -0.121. The standard InChI is InChI=1S/C14H14BNO2/c1-3-11-9(2)13-8-10-6-4-5-7-12(10)15(18)16(13)14(11)17/h4-8,18H,3H2,1-2H3. The van der Waals surface area contributed by atoms with Gasteiger partial charge >= 0.3 is 7.05 Å². The second-order valence-corrected chi connectivity index (χ2v) is 4.66. The number of hydrogen-bond donors (Lipinski definition) is 1. The number of nitrogens with zero attached hydrogens (tertiary/aromatic N) is 1. The van der Waals surface area contributed by atoms with Crippen LogP contribution < -0.4 is 5.46 Å². The van der Waals surface area contributed by atoms with Crippen molar-refractivity contribution in [2.45, 2.75) is 20.3 Å². The lowest BCUT2D eigenvalue weighted by Gasteiger charge is -2.28. The number of carbonyl (C=O) groups is 1. The Kier molecular flexibility index (Phi) is 2.42. The number of rotatable bonds is 1. The van der Waals surface area contributed by atoms with Crippen LogP contribution >= 0.6 is 0 Å². The van der Waals surface area contributed by atoms with Crippen molar-refractivity contribution < 1.29 is 9.82 Å². The first kappa shape index (κ1) is 11.3. The molecule has 1 aromatic carbocycles. The highest BCUT2D eigenvalue weighted by Crippen LogP contribution is 2.34. The summed E-state index contributed by atoms with van der Waals surface area (Å²) in [6, 6.07) is 7.64. The zero-order valence-corrected chi connectivity index (χ0v) is 10.5. The fourth-order valence-corrected chi connectivity index (χ4v) is 2.75. The smallest absolute Gasteiger partial charge is 0.428 e. The monoisotopic (exact) mass is 239 g/mol. The van der Waals surface area contributed by atoms with Crippen molar-refractivity contribution >= 4 is 24.5 Å². The molecular weight excluding hydrogens is 225 g/mol. The van der Waals surface area contributed by atoms with E-state index in [0.717, 1.165) is 27.9 Å². The number of benzene rings is 1. The van der Waals surface area contributed by atoms with E-state index in [4.69, 9.17) is 0 Å². The second-order valence-electron chi connectivity index (χ2n) is 4.66. The summed E-state index contributed by atoms with van der Waals surface area (Å²) in [6.07, 6.45) is 2.68. The quantitative estimate of drug-likeness (QED) is 0.750. The Morgan fingerprint density at radius 2 is 2.06 bits per heavy atom. The Labute approximate surface area is 107 Å². The van der Waals surface area contributed by atoms with Crippen molar-refractivity contribution in [2.75, 3.05) is 0 Å². The lowest BCUT2D eigenvalue weighted by Crippen LogP contribution is -2.52. The van der Waals surface area contributed by atoms with E-state index < -0.39 is 7.05 Å². The van der Waals surface area contributed by atoms with Gasteiger partial charge in [0.25, 0.3) is 0 Å². The van der Waals surface area contributed by atoms with Gasteiger partial charge in [-0.25, -0.2) is 0 Å². The van der Waals surface area contributed by atoms with Crippen molar-refractivity contribution in [1.82, 2.24) is 4.81 Å². The number of hydrogen-bond acceptors (Lipinski definition) is 2. The van der Waals surface area contributed by atoms with Gasteiger partial charge in [-0.1, -0.05) is 31.2 Å². The van der Waals surface area contributed by atoms with Crippen molar-refractivity contribution in [2.24, 2.45) is 0 Å². The number of amides is 1. The van der Waals surface area contributed by atoms with Crippen LogP contribution in [0.5, 0.6) is 0 Å². The maximum Gasteiger partial charge on any atom is 0.457 e. The van der Waals surface area contributed by atoms with Crippen molar-refractivity contribution in [3.8, 4) is 0 Å². The van der Waals surface area contributed by atoms with Crippen LogP contribution in [0.3, 0.4) is 0 Å². The highest BCUT2D eigenvalue weighted by atomic mass is 16.2. The molecule has 2 aliphatic heterocycles. The summed E-state index contributed by atoms with van der Waals surface area (Å²) in [5.74, 6) is -0.0664. The minimum atomic E-state index is -0.868. The van der Waals surface area contributed by atoms with E-state index in [-0.39, 0.29) is 5.91 Å². The zero-order chi connectivity index (χ0) is 12.9. The Bertz CT molecular complexity index is 604. The van der Waals surface area contributed by atoms with E-state index >= 15 is 0 Å². The predicted octanol–water partition coefficient (Wildman–Crippen LogP) is 1.30. The molecule has 3 rings (SSSR count). The van der Waals surface area contributed by atoms with Gasteiger partial charge in [-0.05, 0) is 36.0 Å². The zero-order valence-electron chi connectivity index (χ0n) is 10.5. The first-order valence-corrected chi connectivity index (χ1v) is 6.17. The average Bonchev–Trinajstić information content (AvgIpc) is 2.62. The maximum atomic E-state index is 12.3. The predicted molar refractivity (Wildman–Crippen MR) is 71.9 cm³/mol. The topological polar surface area (TPSA) is 40.5 Å². The van der Waals surface area contributed by atoms with E-state index in [1.54, 1.807) is 0 Å². The first-order valence-electron chi connectivity index (χ1n) is 6.17. The van der Waals surface area contributed by atoms with Crippen LogP contribution in [0.15, 0.2) is 41.1 Å². The molecule has 3 nitrogen and oxygen atoms in total. The minimum absolute atomic E-state index is 0.0664. The van der Waals surface area contributed by atoms with Crippen LogP contribution in [0.1, 0.15) is 25.8 Å². The third-order valence-corrected chi connectivity index (χ3v) is 3.74. The molecule has 0 aliphatic carbocycles. The van der Waals surface area contributed by atoms with Gasteiger partial charge in [0.2, 0.25) is 5.91 Å². The van der Waals surface area contributed by atoms with Crippen LogP contribution in [0.4, 0.5) is 0 Å². The van der Waals surface area contributed by atoms with Crippen molar-refractivity contribution in [1.29, 1.82) is 0 Å². The summed E-state index contributed by atoms with van der Waals surface area (Å²) in [5, 5.41) is 10.4. The van der Waals surface area contributed by atoms with E-state index in [2.05, 4.69) is 0 Å². The van der Waals surface area contributed by atoms with E-state index in [0.29, 0.717) is 6.42 Å². The van der Waals surface area contributed by atoms with Crippen molar-refractivity contribution in [3.05, 3.63) is 46.7 Å². The van der Waals surface area contributed by atoms with Gasteiger partial charge in [-0.3, -0.25) is 4.79 Å². The molecule has 0 radical (unpaired) electrons. The molecule has 0 bridgehead atoms. The molecule has 0 unspecified atom stereocenters. The number of allylic oxidation sites excluding steroid dienone is 1. The molecule has 1 amide bonds. The summed E-state index contributed by atoms with van der Waals surface area (Å²) in [5.41, 5.74) is 4.40. The fraction of sp³-hybridized carbons (Fsp3) is 0.214.